The Kier molecular flexibility index (Phi) is 15.8. The first-order chi connectivity index (χ1) is 10.6. The zero-order valence-electron chi connectivity index (χ0n) is 13.7. The summed E-state index contributed by atoms with van der Waals surface area (Å²) in [7, 11) is 2.01. The van der Waals surface area contributed by atoms with Gasteiger partial charge in [0, 0.05) is 11.9 Å². The highest BCUT2D eigenvalue weighted by molar-refractivity contribution is 7.16. The topological polar surface area (TPSA) is 98.5 Å². The molecule has 1 aromatic heterocycles. The molecule has 1 aromatic rings. The second kappa shape index (κ2) is 15.5. The van der Waals surface area contributed by atoms with Crippen molar-refractivity contribution in [1.82, 2.24) is 0 Å². The van der Waals surface area contributed by atoms with E-state index in [0.717, 1.165) is 6.29 Å². The molecule has 0 atom stereocenters. The predicted molar refractivity (Wildman–Crippen MR) is 90.3 cm³/mol. The molecule has 0 radical (unpaired) electrons. The maximum atomic E-state index is 9.18. The fraction of sp³-hybridized carbons (Fsp3) is 0.533. The normalized spacial score (nSPS) is 10.2. The molecule has 1 aliphatic rings. The molecular formula is C15H26N2O4S. The Bertz CT molecular complexity index is 427. The molecule has 0 unspecified atom stereocenters. The lowest BCUT2D eigenvalue weighted by Crippen LogP contribution is -1.87. The van der Waals surface area contributed by atoms with Gasteiger partial charge in [0.2, 0.25) is 6.41 Å². The lowest BCUT2D eigenvalue weighted by molar-refractivity contribution is -0.128. The number of ether oxygens (including phenoxy) is 1. The smallest absolute Gasteiger partial charge is 0.293 e. The number of anilines is 1. The lowest BCUT2D eigenvalue weighted by Gasteiger charge is -1.97. The summed E-state index contributed by atoms with van der Waals surface area (Å²) in [5.74, 6) is 0. The van der Waals surface area contributed by atoms with Crippen molar-refractivity contribution in [2.75, 3.05) is 19.0 Å². The molecular weight excluding hydrogens is 304 g/mol. The molecule has 0 aliphatic heterocycles. The summed E-state index contributed by atoms with van der Waals surface area (Å²) in [6.45, 7) is 6.34. The summed E-state index contributed by atoms with van der Waals surface area (Å²) in [4.78, 5) is 28.2. The summed E-state index contributed by atoms with van der Waals surface area (Å²) >= 11 is 1.94. The molecule has 2 rings (SSSR count). The van der Waals surface area contributed by atoms with E-state index in [4.69, 9.17) is 9.59 Å². The summed E-state index contributed by atoms with van der Waals surface area (Å²) in [5, 5.41) is 4.61. The van der Waals surface area contributed by atoms with Gasteiger partial charge in [-0.15, -0.1) is 11.3 Å². The summed E-state index contributed by atoms with van der Waals surface area (Å²) < 4.78 is 4.15. The maximum absolute atomic E-state index is 9.18. The number of thiophene rings is 1. The minimum absolute atomic E-state index is 0.250. The van der Waals surface area contributed by atoms with Crippen LogP contribution in [0.3, 0.4) is 0 Å². The van der Waals surface area contributed by atoms with Crippen molar-refractivity contribution in [3.05, 3.63) is 16.0 Å². The van der Waals surface area contributed by atoms with Crippen LogP contribution in [0.1, 0.15) is 36.3 Å². The molecule has 1 aliphatic carbocycles. The third kappa shape index (κ3) is 9.12. The zero-order valence-corrected chi connectivity index (χ0v) is 14.5. The number of carbonyl (C=O) groups is 3. The molecule has 0 aromatic carbocycles. The average Bonchev–Trinajstić information content (AvgIpc) is 3.05. The molecule has 1 heterocycles. The first-order valence-corrected chi connectivity index (χ1v) is 7.78. The van der Waals surface area contributed by atoms with E-state index in [1.165, 1.54) is 36.8 Å². The quantitative estimate of drug-likeness (QED) is 0.827. The highest BCUT2D eigenvalue weighted by Crippen LogP contribution is 2.37. The molecule has 126 valence electrons. The van der Waals surface area contributed by atoms with Crippen molar-refractivity contribution in [2.45, 2.75) is 40.0 Å². The van der Waals surface area contributed by atoms with Gasteiger partial charge in [-0.25, -0.2) is 0 Å². The minimum atomic E-state index is 0.250. The SMILES string of the molecule is CC=O.CCOC=O.CNc1sc2c(c1C)CCC2.NC=O. The standard InChI is InChI=1S/C9H13NS.C3H6O2.C2H4O.CH3NO/c1-6-7-4-3-5-8(7)11-9(6)10-2;1-2-5-3-4;1-2-3;2-1-3/h10H,3-5H2,1-2H3;3H,2H2,1H3;2H,1H3;1H,(H2,2,3). The number of hydrogen-bond donors (Lipinski definition) is 2. The Hall–Kier alpha value is -1.89. The number of nitrogens with two attached hydrogens (primary N) is 1. The van der Waals surface area contributed by atoms with E-state index in [1.807, 2.05) is 18.4 Å². The second-order valence-electron chi connectivity index (χ2n) is 3.98. The fourth-order valence-corrected chi connectivity index (χ4v) is 3.12. The van der Waals surface area contributed by atoms with Gasteiger partial charge in [0.1, 0.15) is 6.29 Å². The Morgan fingerprint density at radius 3 is 2.18 bits per heavy atom. The number of hydrogen-bond acceptors (Lipinski definition) is 6. The average molecular weight is 330 g/mol. The molecule has 0 spiro atoms. The Morgan fingerprint density at radius 1 is 1.32 bits per heavy atom. The third-order valence-electron chi connectivity index (χ3n) is 2.65. The van der Waals surface area contributed by atoms with Gasteiger partial charge < -0.3 is 20.6 Å². The van der Waals surface area contributed by atoms with Gasteiger partial charge in [0.15, 0.2) is 0 Å². The number of aldehydes is 1. The van der Waals surface area contributed by atoms with Crippen LogP contribution in [0.5, 0.6) is 0 Å². The summed E-state index contributed by atoms with van der Waals surface area (Å²) in [6, 6.07) is 0. The van der Waals surface area contributed by atoms with Crippen LogP contribution in [-0.2, 0) is 32.0 Å². The van der Waals surface area contributed by atoms with E-state index in [-0.39, 0.29) is 6.41 Å². The van der Waals surface area contributed by atoms with E-state index < -0.39 is 0 Å². The van der Waals surface area contributed by atoms with Crippen molar-refractivity contribution < 1.29 is 19.1 Å². The summed E-state index contributed by atoms with van der Waals surface area (Å²) in [6.07, 6.45) is 4.98. The Morgan fingerprint density at radius 2 is 1.86 bits per heavy atom. The monoisotopic (exact) mass is 330 g/mol. The number of nitrogens with one attached hydrogen (secondary N) is 1. The van der Waals surface area contributed by atoms with Crippen LogP contribution in [0, 0.1) is 6.92 Å². The van der Waals surface area contributed by atoms with Gasteiger partial charge in [-0.05, 0) is 51.2 Å². The molecule has 3 N–H and O–H groups in total. The van der Waals surface area contributed by atoms with Crippen molar-refractivity contribution >= 4 is 35.5 Å². The number of fused-ring (bicyclic) bond motifs is 1. The van der Waals surface area contributed by atoms with Gasteiger partial charge in [0.05, 0.1) is 11.6 Å². The second-order valence-corrected chi connectivity index (χ2v) is 5.09. The van der Waals surface area contributed by atoms with Crippen LogP contribution in [0.25, 0.3) is 0 Å². The van der Waals surface area contributed by atoms with Crippen LogP contribution in [0.4, 0.5) is 5.00 Å². The number of rotatable bonds is 3. The minimum Gasteiger partial charge on any atom is -0.468 e. The van der Waals surface area contributed by atoms with E-state index in [9.17, 15) is 4.79 Å². The van der Waals surface area contributed by atoms with Crippen LogP contribution >= 0.6 is 11.3 Å². The van der Waals surface area contributed by atoms with Crippen LogP contribution < -0.4 is 11.1 Å². The first-order valence-electron chi connectivity index (χ1n) is 6.96. The van der Waals surface area contributed by atoms with Crippen molar-refractivity contribution in [1.29, 1.82) is 0 Å². The van der Waals surface area contributed by atoms with Gasteiger partial charge in [0.25, 0.3) is 6.47 Å². The first kappa shape index (κ1) is 22.4. The van der Waals surface area contributed by atoms with Gasteiger partial charge in [-0.1, -0.05) is 0 Å². The van der Waals surface area contributed by atoms with Crippen molar-refractivity contribution in [3.63, 3.8) is 0 Å². The van der Waals surface area contributed by atoms with Gasteiger partial charge in [-0.3, -0.25) is 9.59 Å². The summed E-state index contributed by atoms with van der Waals surface area (Å²) in [5.41, 5.74) is 7.28. The van der Waals surface area contributed by atoms with Gasteiger partial charge in [-0.2, -0.15) is 0 Å². The lowest BCUT2D eigenvalue weighted by atomic mass is 10.2. The Balaban J connectivity index is 0. The molecule has 22 heavy (non-hydrogen) atoms. The number of carbonyl (C=O) groups excluding carboxylic acids is 3. The molecule has 1 amide bonds. The maximum Gasteiger partial charge on any atom is 0.293 e. The van der Waals surface area contributed by atoms with E-state index >= 15 is 0 Å². The highest BCUT2D eigenvalue weighted by atomic mass is 32.1. The van der Waals surface area contributed by atoms with Gasteiger partial charge >= 0.3 is 0 Å². The van der Waals surface area contributed by atoms with Crippen LogP contribution in [0.15, 0.2) is 0 Å². The van der Waals surface area contributed by atoms with Crippen LogP contribution in [0.2, 0.25) is 0 Å². The zero-order chi connectivity index (χ0) is 17.4. The van der Waals surface area contributed by atoms with E-state index in [1.54, 1.807) is 17.4 Å². The number of primary amides is 1. The third-order valence-corrected chi connectivity index (χ3v) is 4.06. The van der Waals surface area contributed by atoms with E-state index in [0.29, 0.717) is 13.1 Å². The molecule has 6 nitrogen and oxygen atoms in total. The van der Waals surface area contributed by atoms with Crippen LogP contribution in [-0.4, -0.2) is 32.8 Å². The molecule has 0 saturated heterocycles. The van der Waals surface area contributed by atoms with Crippen molar-refractivity contribution in [2.24, 2.45) is 5.73 Å². The predicted octanol–water partition coefficient (Wildman–Crippen LogP) is 2.07. The highest BCUT2D eigenvalue weighted by Gasteiger charge is 2.18. The Labute approximate surface area is 136 Å². The largest absolute Gasteiger partial charge is 0.468 e. The molecule has 0 bridgehead atoms. The number of amides is 1. The number of aryl methyl sites for hydroxylation is 1. The van der Waals surface area contributed by atoms with Crippen molar-refractivity contribution in [3.8, 4) is 0 Å². The van der Waals surface area contributed by atoms with E-state index in [2.05, 4.69) is 22.7 Å². The fourth-order valence-electron chi connectivity index (χ4n) is 1.87. The molecule has 0 saturated carbocycles. The molecule has 7 heteroatoms. The molecule has 0 fully saturated rings.